The molecule has 0 aromatic carbocycles. The van der Waals surface area contributed by atoms with Gasteiger partial charge in [-0.2, -0.15) is 0 Å². The van der Waals surface area contributed by atoms with E-state index < -0.39 is 0 Å². The highest BCUT2D eigenvalue weighted by atomic mass is 127. The molecule has 0 aliphatic carbocycles. The van der Waals surface area contributed by atoms with Crippen molar-refractivity contribution in [2.75, 3.05) is 26.3 Å². The van der Waals surface area contributed by atoms with E-state index in [0.29, 0.717) is 6.04 Å². The zero-order chi connectivity index (χ0) is 16.0. The van der Waals surface area contributed by atoms with Gasteiger partial charge in [0.1, 0.15) is 0 Å². The lowest BCUT2D eigenvalue weighted by Crippen LogP contribution is -2.42. The zero-order valence-electron chi connectivity index (χ0n) is 15.2. The van der Waals surface area contributed by atoms with Crippen molar-refractivity contribution >= 4 is 29.9 Å². The van der Waals surface area contributed by atoms with E-state index in [0.717, 1.165) is 45.1 Å². The van der Waals surface area contributed by atoms with Gasteiger partial charge >= 0.3 is 0 Å². The third-order valence-electron chi connectivity index (χ3n) is 3.98. The summed E-state index contributed by atoms with van der Waals surface area (Å²) in [5.41, 5.74) is 1.48. The Kier molecular flexibility index (Phi) is 15.0. The van der Waals surface area contributed by atoms with Gasteiger partial charge in [-0.25, -0.2) is 0 Å². The number of ether oxygens (including phenoxy) is 1. The monoisotopic (exact) mass is 437 g/mol. The topological polar surface area (TPSA) is 45.7 Å². The Labute approximate surface area is 160 Å². The van der Waals surface area contributed by atoms with Gasteiger partial charge in [0.05, 0.1) is 13.2 Å². The predicted octanol–water partition coefficient (Wildman–Crippen LogP) is 4.26. The minimum Gasteiger partial charge on any atom is -0.377 e. The van der Waals surface area contributed by atoms with Crippen LogP contribution >= 0.6 is 24.0 Å². The van der Waals surface area contributed by atoms with E-state index in [1.807, 2.05) is 0 Å². The first-order valence-corrected chi connectivity index (χ1v) is 9.06. The summed E-state index contributed by atoms with van der Waals surface area (Å²) in [4.78, 5) is 4.70. The lowest BCUT2D eigenvalue weighted by Gasteiger charge is -2.18. The van der Waals surface area contributed by atoms with Gasteiger partial charge in [0.15, 0.2) is 5.96 Å². The van der Waals surface area contributed by atoms with Crippen LogP contribution in [0.5, 0.6) is 0 Å². The maximum absolute atomic E-state index is 5.34. The van der Waals surface area contributed by atoms with E-state index >= 15 is 0 Å². The number of nitrogens with zero attached hydrogens (tertiary/aromatic N) is 1. The maximum Gasteiger partial charge on any atom is 0.191 e. The Bertz CT molecular complexity index is 345. The summed E-state index contributed by atoms with van der Waals surface area (Å²) in [6.07, 6.45) is 10.8. The first-order chi connectivity index (χ1) is 10.8. The number of nitrogens with one attached hydrogen (secondary N) is 2. The molecule has 1 heterocycles. The second kappa shape index (κ2) is 15.2. The Morgan fingerprint density at radius 2 is 2.13 bits per heavy atom. The first-order valence-electron chi connectivity index (χ1n) is 9.06. The van der Waals surface area contributed by atoms with Gasteiger partial charge in [-0.3, -0.25) is 4.99 Å². The SMILES string of the molecule is CCCCCCC(C)NC(=NCCC1=CCOCC1)NCC.I. The van der Waals surface area contributed by atoms with Crippen molar-refractivity contribution in [3.8, 4) is 0 Å². The number of halogens is 1. The number of hydrogen-bond acceptors (Lipinski definition) is 2. The van der Waals surface area contributed by atoms with Crippen molar-refractivity contribution in [2.45, 2.75) is 71.8 Å². The normalized spacial score (nSPS) is 16.3. The van der Waals surface area contributed by atoms with Crippen LogP contribution in [0.15, 0.2) is 16.6 Å². The number of rotatable bonds is 10. The molecule has 1 aliphatic rings. The van der Waals surface area contributed by atoms with Gasteiger partial charge in [0.25, 0.3) is 0 Å². The fraction of sp³-hybridized carbons (Fsp3) is 0.833. The molecule has 1 unspecified atom stereocenters. The second-order valence-corrected chi connectivity index (χ2v) is 6.09. The fourth-order valence-corrected chi connectivity index (χ4v) is 2.61. The van der Waals surface area contributed by atoms with Gasteiger partial charge in [0.2, 0.25) is 0 Å². The summed E-state index contributed by atoms with van der Waals surface area (Å²) in [7, 11) is 0. The van der Waals surface area contributed by atoms with Crippen molar-refractivity contribution in [2.24, 2.45) is 4.99 Å². The van der Waals surface area contributed by atoms with E-state index in [4.69, 9.17) is 9.73 Å². The molecule has 1 atom stereocenters. The van der Waals surface area contributed by atoms with Crippen LogP contribution in [0.3, 0.4) is 0 Å². The van der Waals surface area contributed by atoms with E-state index in [1.165, 1.54) is 37.7 Å². The minimum absolute atomic E-state index is 0. The molecule has 0 fully saturated rings. The molecule has 0 saturated carbocycles. The second-order valence-electron chi connectivity index (χ2n) is 6.09. The van der Waals surface area contributed by atoms with Crippen LogP contribution in [0.25, 0.3) is 0 Å². The molecule has 136 valence electrons. The van der Waals surface area contributed by atoms with Gasteiger partial charge in [-0.1, -0.05) is 44.3 Å². The highest BCUT2D eigenvalue weighted by Gasteiger charge is 2.06. The molecular weight excluding hydrogens is 401 g/mol. The Morgan fingerprint density at radius 1 is 1.30 bits per heavy atom. The van der Waals surface area contributed by atoms with E-state index in [2.05, 4.69) is 37.5 Å². The van der Waals surface area contributed by atoms with Crippen LogP contribution in [-0.4, -0.2) is 38.3 Å². The van der Waals surface area contributed by atoms with Crippen LogP contribution < -0.4 is 10.6 Å². The first kappa shape index (κ1) is 22.7. The highest BCUT2D eigenvalue weighted by molar-refractivity contribution is 14.0. The van der Waals surface area contributed by atoms with Gasteiger partial charge < -0.3 is 15.4 Å². The standard InChI is InChI=1S/C18H35N3O.HI/c1-4-6-7-8-9-16(3)21-18(19-5-2)20-13-10-17-11-14-22-15-12-17;/h11,16H,4-10,12-15H2,1-3H3,(H2,19,20,21);1H. The van der Waals surface area contributed by atoms with Crippen molar-refractivity contribution < 1.29 is 4.74 Å². The number of guanidine groups is 1. The third kappa shape index (κ3) is 11.8. The van der Waals surface area contributed by atoms with Crippen molar-refractivity contribution in [1.82, 2.24) is 10.6 Å². The minimum atomic E-state index is 0. The predicted molar refractivity (Wildman–Crippen MR) is 111 cm³/mol. The molecule has 0 amide bonds. The van der Waals surface area contributed by atoms with Gasteiger partial charge in [-0.05, 0) is 33.1 Å². The Hall–Kier alpha value is -0.300. The van der Waals surface area contributed by atoms with Gasteiger partial charge in [0, 0.05) is 19.1 Å². The average molecular weight is 437 g/mol. The maximum atomic E-state index is 5.34. The summed E-state index contributed by atoms with van der Waals surface area (Å²) < 4.78 is 5.34. The lowest BCUT2D eigenvalue weighted by atomic mass is 10.1. The quantitative estimate of drug-likeness (QED) is 0.177. The van der Waals surface area contributed by atoms with Crippen LogP contribution in [0, 0.1) is 0 Å². The van der Waals surface area contributed by atoms with Crippen LogP contribution in [0.4, 0.5) is 0 Å². The molecule has 0 aromatic heterocycles. The molecule has 0 radical (unpaired) electrons. The molecule has 0 bridgehead atoms. The summed E-state index contributed by atoms with van der Waals surface area (Å²) >= 11 is 0. The smallest absolute Gasteiger partial charge is 0.191 e. The van der Waals surface area contributed by atoms with Gasteiger partial charge in [-0.15, -0.1) is 24.0 Å². The number of unbranched alkanes of at least 4 members (excludes halogenated alkanes) is 3. The summed E-state index contributed by atoms with van der Waals surface area (Å²) in [6, 6.07) is 0.483. The molecule has 1 aliphatic heterocycles. The molecule has 0 saturated heterocycles. The van der Waals surface area contributed by atoms with E-state index in [1.54, 1.807) is 0 Å². The third-order valence-corrected chi connectivity index (χ3v) is 3.98. The zero-order valence-corrected chi connectivity index (χ0v) is 17.5. The van der Waals surface area contributed by atoms with Crippen molar-refractivity contribution in [1.29, 1.82) is 0 Å². The van der Waals surface area contributed by atoms with Crippen LogP contribution in [0.1, 0.15) is 65.7 Å². The highest BCUT2D eigenvalue weighted by Crippen LogP contribution is 2.11. The van der Waals surface area contributed by atoms with E-state index in [-0.39, 0.29) is 24.0 Å². The molecular formula is C18H36IN3O. The summed E-state index contributed by atoms with van der Waals surface area (Å²) in [5.74, 6) is 0.957. The number of hydrogen-bond donors (Lipinski definition) is 2. The van der Waals surface area contributed by atoms with E-state index in [9.17, 15) is 0 Å². The molecule has 23 heavy (non-hydrogen) atoms. The summed E-state index contributed by atoms with van der Waals surface area (Å²) in [5, 5.41) is 6.87. The number of aliphatic imine (C=N–C) groups is 1. The molecule has 0 aromatic rings. The van der Waals surface area contributed by atoms with Crippen molar-refractivity contribution in [3.63, 3.8) is 0 Å². The molecule has 4 nitrogen and oxygen atoms in total. The Balaban J connectivity index is 0.00000484. The summed E-state index contributed by atoms with van der Waals surface area (Å²) in [6.45, 7) is 10.0. The molecule has 2 N–H and O–H groups in total. The lowest BCUT2D eigenvalue weighted by molar-refractivity contribution is 0.153. The molecule has 5 heteroatoms. The molecule has 1 rings (SSSR count). The fourth-order valence-electron chi connectivity index (χ4n) is 2.61. The van der Waals surface area contributed by atoms with Crippen LogP contribution in [0.2, 0.25) is 0 Å². The largest absolute Gasteiger partial charge is 0.377 e. The Morgan fingerprint density at radius 3 is 2.78 bits per heavy atom. The van der Waals surface area contributed by atoms with Crippen LogP contribution in [-0.2, 0) is 4.74 Å². The molecule has 0 spiro atoms. The average Bonchev–Trinajstić information content (AvgIpc) is 2.53. The van der Waals surface area contributed by atoms with Crippen molar-refractivity contribution in [3.05, 3.63) is 11.6 Å².